The Bertz CT molecular complexity index is 1350. The van der Waals surface area contributed by atoms with Crippen molar-refractivity contribution in [3.8, 4) is 0 Å². The van der Waals surface area contributed by atoms with Gasteiger partial charge in [0.25, 0.3) is 0 Å². The van der Waals surface area contributed by atoms with Crippen LogP contribution in [0.1, 0.15) is 34.3 Å². The fraction of sp³-hybridized carbons (Fsp3) is 0.387. The van der Waals surface area contributed by atoms with Crippen molar-refractivity contribution in [2.45, 2.75) is 32.0 Å². The summed E-state index contributed by atoms with van der Waals surface area (Å²) < 4.78 is 0. The highest BCUT2D eigenvalue weighted by Crippen LogP contribution is 2.31. The molecule has 0 spiro atoms. The first-order chi connectivity index (χ1) is 20.0. The van der Waals surface area contributed by atoms with Gasteiger partial charge in [0.15, 0.2) is 12.1 Å². The van der Waals surface area contributed by atoms with Gasteiger partial charge in [0.1, 0.15) is 0 Å². The van der Waals surface area contributed by atoms with Crippen LogP contribution >= 0.6 is 0 Å². The SMILES string of the molecule is C=CCNN(c1cccc(CN(C)C)c1)c1nc(Nc2ccc(N3CCN(C4CC4)CC3)c(CO)c2)ncc1C=O. The van der Waals surface area contributed by atoms with Crippen molar-refractivity contribution in [3.05, 3.63) is 78.0 Å². The van der Waals surface area contributed by atoms with E-state index in [1.165, 1.54) is 19.0 Å². The molecule has 2 aromatic carbocycles. The van der Waals surface area contributed by atoms with Gasteiger partial charge in [-0.25, -0.2) is 10.4 Å². The Morgan fingerprint density at radius 3 is 2.61 bits per heavy atom. The molecule has 1 aliphatic heterocycles. The average Bonchev–Trinajstić information content (AvgIpc) is 3.83. The molecule has 1 aromatic heterocycles. The molecule has 0 bridgehead atoms. The zero-order valence-corrected chi connectivity index (χ0v) is 24.0. The van der Waals surface area contributed by atoms with Crippen LogP contribution in [0.5, 0.6) is 0 Å². The summed E-state index contributed by atoms with van der Waals surface area (Å²) in [5.41, 5.74) is 8.30. The van der Waals surface area contributed by atoms with Crippen LogP contribution in [0.4, 0.5) is 28.8 Å². The lowest BCUT2D eigenvalue weighted by molar-refractivity contribution is 0.112. The smallest absolute Gasteiger partial charge is 0.229 e. The largest absolute Gasteiger partial charge is 0.392 e. The van der Waals surface area contributed by atoms with E-state index in [1.54, 1.807) is 11.1 Å². The van der Waals surface area contributed by atoms with E-state index in [9.17, 15) is 9.90 Å². The van der Waals surface area contributed by atoms with Gasteiger partial charge >= 0.3 is 0 Å². The number of piperazine rings is 1. The highest BCUT2D eigenvalue weighted by Gasteiger charge is 2.31. The normalized spacial score (nSPS) is 15.7. The number of nitrogens with one attached hydrogen (secondary N) is 2. The van der Waals surface area contributed by atoms with Crippen LogP contribution < -0.4 is 20.7 Å². The number of aldehydes is 1. The zero-order valence-electron chi connectivity index (χ0n) is 24.0. The number of aliphatic hydroxyl groups excluding tert-OH is 1. The van der Waals surface area contributed by atoms with Crippen LogP contribution in [0.2, 0.25) is 0 Å². The minimum Gasteiger partial charge on any atom is -0.392 e. The standard InChI is InChI=1S/C31H40N8O2/c1-4-12-33-39(28-7-5-6-23(17-28)20-36(2)3)30-25(22-41)19-32-31(35-30)34-26-8-11-29(24(18-26)21-40)38-15-13-37(14-16-38)27-9-10-27/h4-8,11,17-19,22,27,33,40H,1,9-10,12-16,20-21H2,2-3H3,(H,32,34,35). The molecule has 0 radical (unpaired) electrons. The van der Waals surface area contributed by atoms with Gasteiger partial charge in [0, 0.05) is 68.4 Å². The van der Waals surface area contributed by atoms with Gasteiger partial charge in [0.05, 0.1) is 17.9 Å². The molecular formula is C31H40N8O2. The summed E-state index contributed by atoms with van der Waals surface area (Å²) in [5, 5.41) is 15.3. The highest BCUT2D eigenvalue weighted by atomic mass is 16.3. The number of benzene rings is 2. The molecule has 2 aliphatic rings. The zero-order chi connectivity index (χ0) is 28.8. The fourth-order valence-electron chi connectivity index (χ4n) is 5.30. The third-order valence-electron chi connectivity index (χ3n) is 7.42. The number of hydrazine groups is 1. The molecule has 5 rings (SSSR count). The van der Waals surface area contributed by atoms with Crippen molar-refractivity contribution in [2.75, 3.05) is 62.0 Å². The predicted octanol–water partition coefficient (Wildman–Crippen LogP) is 3.70. The maximum absolute atomic E-state index is 12.0. The summed E-state index contributed by atoms with van der Waals surface area (Å²) >= 11 is 0. The Morgan fingerprint density at radius 2 is 1.93 bits per heavy atom. The number of aliphatic hydroxyl groups is 1. The molecular weight excluding hydrogens is 516 g/mol. The molecule has 0 amide bonds. The summed E-state index contributed by atoms with van der Waals surface area (Å²) in [7, 11) is 4.05. The molecule has 2 heterocycles. The van der Waals surface area contributed by atoms with Crippen LogP contribution in [0.25, 0.3) is 0 Å². The Hall–Kier alpha value is -3.83. The van der Waals surface area contributed by atoms with Crippen LogP contribution in [0, 0.1) is 0 Å². The molecule has 1 saturated carbocycles. The molecule has 0 atom stereocenters. The summed E-state index contributed by atoms with van der Waals surface area (Å²) in [6.07, 6.45) is 6.68. The lowest BCUT2D eigenvalue weighted by Gasteiger charge is -2.37. The van der Waals surface area contributed by atoms with Gasteiger partial charge in [-0.05, 0) is 62.8 Å². The first kappa shape index (κ1) is 28.7. The van der Waals surface area contributed by atoms with E-state index in [1.807, 2.05) is 38.4 Å². The van der Waals surface area contributed by atoms with Gasteiger partial charge < -0.3 is 20.2 Å². The number of aromatic nitrogens is 2. The van der Waals surface area contributed by atoms with E-state index in [4.69, 9.17) is 4.98 Å². The Balaban J connectivity index is 1.39. The van der Waals surface area contributed by atoms with Gasteiger partial charge in [-0.1, -0.05) is 18.2 Å². The molecule has 216 valence electrons. The lowest BCUT2D eigenvalue weighted by Crippen LogP contribution is -2.47. The Kier molecular flexibility index (Phi) is 9.25. The summed E-state index contributed by atoms with van der Waals surface area (Å²) in [5.74, 6) is 0.768. The molecule has 2 fully saturated rings. The second kappa shape index (κ2) is 13.2. The van der Waals surface area contributed by atoms with Crippen molar-refractivity contribution in [1.29, 1.82) is 0 Å². The van der Waals surface area contributed by atoms with Crippen molar-refractivity contribution in [2.24, 2.45) is 0 Å². The predicted molar refractivity (Wildman–Crippen MR) is 164 cm³/mol. The maximum atomic E-state index is 12.0. The van der Waals surface area contributed by atoms with E-state index < -0.39 is 0 Å². The van der Waals surface area contributed by atoms with Crippen molar-refractivity contribution in [1.82, 2.24) is 25.2 Å². The molecule has 1 aliphatic carbocycles. The number of hydrogen-bond acceptors (Lipinski definition) is 10. The topological polar surface area (TPSA) is 100 Å². The molecule has 3 aromatic rings. The second-order valence-electron chi connectivity index (χ2n) is 10.9. The van der Waals surface area contributed by atoms with E-state index in [-0.39, 0.29) is 6.61 Å². The monoisotopic (exact) mass is 556 g/mol. The fourth-order valence-corrected chi connectivity index (χ4v) is 5.30. The highest BCUT2D eigenvalue weighted by molar-refractivity contribution is 5.85. The summed E-state index contributed by atoms with van der Waals surface area (Å²) in [6.45, 7) is 9.05. The minimum atomic E-state index is -0.0631. The van der Waals surface area contributed by atoms with E-state index >= 15 is 0 Å². The van der Waals surface area contributed by atoms with E-state index in [0.29, 0.717) is 23.9 Å². The lowest BCUT2D eigenvalue weighted by atomic mass is 10.1. The quantitative estimate of drug-likeness (QED) is 0.164. The number of carbonyl (C=O) groups excluding carboxylic acids is 1. The molecule has 0 unspecified atom stereocenters. The molecule has 3 N–H and O–H groups in total. The minimum absolute atomic E-state index is 0.0631. The van der Waals surface area contributed by atoms with Crippen LogP contribution in [-0.4, -0.2) is 84.0 Å². The second-order valence-corrected chi connectivity index (χ2v) is 10.9. The number of nitrogens with zero attached hydrogens (tertiary/aromatic N) is 6. The average molecular weight is 557 g/mol. The van der Waals surface area contributed by atoms with E-state index in [2.05, 4.69) is 55.2 Å². The van der Waals surface area contributed by atoms with Gasteiger partial charge in [-0.15, -0.1) is 6.58 Å². The Labute approximate surface area is 242 Å². The summed E-state index contributed by atoms with van der Waals surface area (Å²) in [6, 6.07) is 14.8. The van der Waals surface area contributed by atoms with Crippen LogP contribution in [0.3, 0.4) is 0 Å². The first-order valence-electron chi connectivity index (χ1n) is 14.2. The number of carbonyl (C=O) groups is 1. The third kappa shape index (κ3) is 7.09. The van der Waals surface area contributed by atoms with Crippen molar-refractivity contribution < 1.29 is 9.90 Å². The summed E-state index contributed by atoms with van der Waals surface area (Å²) in [4.78, 5) is 28.2. The van der Waals surface area contributed by atoms with Crippen molar-refractivity contribution in [3.63, 3.8) is 0 Å². The van der Waals surface area contributed by atoms with Crippen LogP contribution in [-0.2, 0) is 13.2 Å². The maximum Gasteiger partial charge on any atom is 0.229 e. The molecule has 10 heteroatoms. The van der Waals surface area contributed by atoms with Crippen LogP contribution in [0.15, 0.2) is 61.3 Å². The molecule has 10 nitrogen and oxygen atoms in total. The number of hydrogen-bond donors (Lipinski definition) is 3. The molecule has 1 saturated heterocycles. The Morgan fingerprint density at radius 1 is 1.12 bits per heavy atom. The molecule has 41 heavy (non-hydrogen) atoms. The van der Waals surface area contributed by atoms with Gasteiger partial charge in [-0.3, -0.25) is 14.7 Å². The first-order valence-corrected chi connectivity index (χ1v) is 14.2. The number of rotatable bonds is 13. The van der Waals surface area contributed by atoms with Gasteiger partial charge in [0.2, 0.25) is 5.95 Å². The van der Waals surface area contributed by atoms with E-state index in [0.717, 1.165) is 73.2 Å². The van der Waals surface area contributed by atoms with Gasteiger partial charge in [-0.2, -0.15) is 4.98 Å². The number of anilines is 5. The third-order valence-corrected chi connectivity index (χ3v) is 7.42. The van der Waals surface area contributed by atoms with Crippen molar-refractivity contribution >= 4 is 35.1 Å².